The summed E-state index contributed by atoms with van der Waals surface area (Å²) in [4.78, 5) is 3.64. The predicted octanol–water partition coefficient (Wildman–Crippen LogP) is 0.510. The molecule has 108 valence electrons. The van der Waals surface area contributed by atoms with Crippen LogP contribution in [0.1, 0.15) is 12.6 Å². The molecule has 1 aromatic carbocycles. The minimum atomic E-state index is -4.39. The Balaban J connectivity index is 0.00000220. The molecule has 0 saturated carbocycles. The van der Waals surface area contributed by atoms with E-state index in [1.807, 2.05) is 12.1 Å². The largest absolute Gasteiger partial charge is 1.00 e. The number of hydrogen-bond donors (Lipinski definition) is 1. The molecule has 0 bridgehead atoms. The van der Waals surface area contributed by atoms with Gasteiger partial charge in [-0.2, -0.15) is 13.2 Å². The second kappa shape index (κ2) is 7.79. The van der Waals surface area contributed by atoms with Gasteiger partial charge in [-0.15, -0.1) is 0 Å². The summed E-state index contributed by atoms with van der Waals surface area (Å²) in [7, 11) is 0. The van der Waals surface area contributed by atoms with Crippen molar-refractivity contribution in [3.63, 3.8) is 0 Å². The number of halogens is 3. The summed E-state index contributed by atoms with van der Waals surface area (Å²) < 4.78 is 42.5. The standard InChI is InChI=1S/C14H13F3N2O.Na.H/c15-14(16,17)11-3-6-13(19-9-11)20-12-4-1-10(2-5-12)7-8-18;;/h1-6,9H,7-8,18H2;;/q;+1;-1. The van der Waals surface area contributed by atoms with Crippen LogP contribution in [0.3, 0.4) is 0 Å². The molecular formula is C14H14F3N2NaO. The fraction of sp³-hybridized carbons (Fsp3) is 0.214. The van der Waals surface area contributed by atoms with Crippen LogP contribution < -0.4 is 40.0 Å². The van der Waals surface area contributed by atoms with Crippen molar-refractivity contribution < 1.29 is 48.9 Å². The Hall–Kier alpha value is -1.08. The number of aromatic nitrogens is 1. The second-order valence-corrected chi connectivity index (χ2v) is 4.17. The average Bonchev–Trinajstić information content (AvgIpc) is 2.41. The van der Waals surface area contributed by atoms with Gasteiger partial charge in [0.1, 0.15) is 5.75 Å². The summed E-state index contributed by atoms with van der Waals surface area (Å²) in [5, 5.41) is 0. The molecule has 0 unspecified atom stereocenters. The van der Waals surface area contributed by atoms with E-state index in [1.165, 1.54) is 6.07 Å². The van der Waals surface area contributed by atoms with Crippen LogP contribution in [0.5, 0.6) is 11.6 Å². The molecule has 0 aliphatic heterocycles. The number of hydrogen-bond acceptors (Lipinski definition) is 3. The van der Waals surface area contributed by atoms with E-state index in [-0.39, 0.29) is 36.9 Å². The van der Waals surface area contributed by atoms with Crippen LogP contribution in [0.15, 0.2) is 42.6 Å². The van der Waals surface area contributed by atoms with Crippen molar-refractivity contribution in [2.45, 2.75) is 12.6 Å². The molecule has 21 heavy (non-hydrogen) atoms. The Morgan fingerprint density at radius 3 is 2.24 bits per heavy atom. The van der Waals surface area contributed by atoms with Crippen molar-refractivity contribution in [3.8, 4) is 11.6 Å². The topological polar surface area (TPSA) is 48.1 Å². The van der Waals surface area contributed by atoms with E-state index in [0.717, 1.165) is 24.2 Å². The van der Waals surface area contributed by atoms with Gasteiger partial charge in [-0.05, 0) is 36.7 Å². The minimum absolute atomic E-state index is 0. The maximum Gasteiger partial charge on any atom is 1.00 e. The molecule has 0 fully saturated rings. The van der Waals surface area contributed by atoms with Gasteiger partial charge in [0.2, 0.25) is 5.88 Å². The van der Waals surface area contributed by atoms with Crippen molar-refractivity contribution in [3.05, 3.63) is 53.7 Å². The molecule has 2 N–H and O–H groups in total. The van der Waals surface area contributed by atoms with Crippen molar-refractivity contribution in [2.75, 3.05) is 6.54 Å². The quantitative estimate of drug-likeness (QED) is 0.838. The summed E-state index contributed by atoms with van der Waals surface area (Å²) in [6, 6.07) is 9.29. The number of pyridine rings is 1. The third-order valence-electron chi connectivity index (χ3n) is 2.64. The third-order valence-corrected chi connectivity index (χ3v) is 2.64. The molecule has 3 nitrogen and oxygen atoms in total. The number of nitrogens with zero attached hydrogens (tertiary/aromatic N) is 1. The maximum absolute atomic E-state index is 12.4. The first-order valence-corrected chi connectivity index (χ1v) is 5.99. The van der Waals surface area contributed by atoms with Crippen LogP contribution >= 0.6 is 0 Å². The van der Waals surface area contributed by atoms with Crippen LogP contribution in [0.2, 0.25) is 0 Å². The summed E-state index contributed by atoms with van der Waals surface area (Å²) >= 11 is 0. The fourth-order valence-corrected chi connectivity index (χ4v) is 1.62. The van der Waals surface area contributed by atoms with Gasteiger partial charge in [-0.1, -0.05) is 12.1 Å². The van der Waals surface area contributed by atoms with E-state index >= 15 is 0 Å². The summed E-state index contributed by atoms with van der Waals surface area (Å²) in [5.41, 5.74) is 5.71. The van der Waals surface area contributed by atoms with E-state index in [9.17, 15) is 13.2 Å². The SMILES string of the molecule is NCCc1ccc(Oc2ccc(C(F)(F)F)cn2)cc1.[H-].[Na+]. The van der Waals surface area contributed by atoms with E-state index < -0.39 is 11.7 Å². The zero-order valence-corrected chi connectivity index (χ0v) is 13.5. The van der Waals surface area contributed by atoms with Crippen LogP contribution in [0.25, 0.3) is 0 Å². The van der Waals surface area contributed by atoms with Gasteiger partial charge in [0.15, 0.2) is 0 Å². The van der Waals surface area contributed by atoms with Gasteiger partial charge >= 0.3 is 35.7 Å². The van der Waals surface area contributed by atoms with Gasteiger partial charge in [-0.25, -0.2) is 4.98 Å². The van der Waals surface area contributed by atoms with Crippen LogP contribution in [-0.2, 0) is 12.6 Å². The van der Waals surface area contributed by atoms with Crippen molar-refractivity contribution in [1.82, 2.24) is 4.98 Å². The normalized spacial score (nSPS) is 10.9. The first-order chi connectivity index (χ1) is 9.49. The molecule has 0 atom stereocenters. The molecular weight excluding hydrogens is 292 g/mol. The van der Waals surface area contributed by atoms with Gasteiger partial charge in [0.05, 0.1) is 5.56 Å². The summed E-state index contributed by atoms with van der Waals surface area (Å²) in [6.07, 6.45) is -2.88. The van der Waals surface area contributed by atoms with Crippen molar-refractivity contribution >= 4 is 0 Å². The number of rotatable bonds is 4. The van der Waals surface area contributed by atoms with Crippen LogP contribution in [0, 0.1) is 0 Å². The second-order valence-electron chi connectivity index (χ2n) is 4.17. The first-order valence-electron chi connectivity index (χ1n) is 5.99. The van der Waals surface area contributed by atoms with Gasteiger partial charge < -0.3 is 11.9 Å². The predicted molar refractivity (Wildman–Crippen MR) is 69.6 cm³/mol. The Bertz CT molecular complexity index is 562. The Morgan fingerprint density at radius 1 is 1.10 bits per heavy atom. The molecule has 0 amide bonds. The molecule has 0 spiro atoms. The molecule has 1 aromatic heterocycles. The van der Waals surface area contributed by atoms with E-state index in [1.54, 1.807) is 12.1 Å². The number of ether oxygens (including phenoxy) is 1. The molecule has 2 aromatic rings. The maximum atomic E-state index is 12.4. The zero-order chi connectivity index (χ0) is 14.6. The van der Waals surface area contributed by atoms with Gasteiger partial charge in [0.25, 0.3) is 0 Å². The Kier molecular flexibility index (Phi) is 6.67. The molecule has 1 heterocycles. The van der Waals surface area contributed by atoms with Crippen LogP contribution in [-0.4, -0.2) is 11.5 Å². The van der Waals surface area contributed by atoms with E-state index in [2.05, 4.69) is 4.98 Å². The third kappa shape index (κ3) is 5.32. The van der Waals surface area contributed by atoms with Crippen LogP contribution in [0.4, 0.5) is 13.2 Å². The molecule has 0 radical (unpaired) electrons. The number of alkyl halides is 3. The average molecular weight is 306 g/mol. The summed E-state index contributed by atoms with van der Waals surface area (Å²) in [5.74, 6) is 0.627. The molecule has 7 heteroatoms. The minimum Gasteiger partial charge on any atom is -1.00 e. The monoisotopic (exact) mass is 306 g/mol. The first kappa shape index (κ1) is 18.0. The van der Waals surface area contributed by atoms with Crippen molar-refractivity contribution in [2.24, 2.45) is 5.73 Å². The molecule has 2 rings (SSSR count). The van der Waals surface area contributed by atoms with E-state index in [4.69, 9.17) is 10.5 Å². The molecule has 0 aliphatic carbocycles. The smallest absolute Gasteiger partial charge is 1.00 e. The number of nitrogens with two attached hydrogens (primary N) is 1. The van der Waals surface area contributed by atoms with E-state index in [0.29, 0.717) is 12.3 Å². The van der Waals surface area contributed by atoms with Crippen molar-refractivity contribution in [1.29, 1.82) is 0 Å². The zero-order valence-electron chi connectivity index (χ0n) is 12.5. The van der Waals surface area contributed by atoms with Gasteiger partial charge in [0, 0.05) is 12.3 Å². The summed E-state index contributed by atoms with van der Waals surface area (Å²) in [6.45, 7) is 0.556. The Morgan fingerprint density at radius 2 is 1.76 bits per heavy atom. The van der Waals surface area contributed by atoms with Gasteiger partial charge in [-0.3, -0.25) is 0 Å². The number of benzene rings is 1. The Labute approximate surface area is 144 Å². The molecule has 0 aliphatic rings. The fourth-order valence-electron chi connectivity index (χ4n) is 1.62. The molecule has 0 saturated heterocycles.